The normalized spacial score (nSPS) is 12.4. The first-order chi connectivity index (χ1) is 8.10. The number of ether oxygens (including phenoxy) is 1. The largest absolute Gasteiger partial charge is 0.465 e. The lowest BCUT2D eigenvalue weighted by Crippen LogP contribution is -2.20. The van der Waals surface area contributed by atoms with E-state index < -0.39 is 0 Å². The van der Waals surface area contributed by atoms with E-state index in [1.54, 1.807) is 18.5 Å². The Balaban J connectivity index is 2.72. The van der Waals surface area contributed by atoms with Crippen LogP contribution in [0.25, 0.3) is 0 Å². The second kappa shape index (κ2) is 6.48. The molecule has 7 heteroatoms. The highest BCUT2D eigenvalue weighted by atomic mass is 32.2. The molecule has 0 saturated heterocycles. The van der Waals surface area contributed by atoms with E-state index in [-0.39, 0.29) is 11.2 Å². The summed E-state index contributed by atoms with van der Waals surface area (Å²) in [7, 11) is 1.77. The summed E-state index contributed by atoms with van der Waals surface area (Å²) in [4.78, 5) is 11.7. The minimum atomic E-state index is -0.248. The van der Waals surface area contributed by atoms with Crippen molar-refractivity contribution in [3.63, 3.8) is 0 Å². The third kappa shape index (κ3) is 3.62. The van der Waals surface area contributed by atoms with E-state index in [0.29, 0.717) is 17.7 Å². The van der Waals surface area contributed by atoms with Crippen LogP contribution in [0.1, 0.15) is 26.7 Å². The zero-order valence-corrected chi connectivity index (χ0v) is 11.2. The summed E-state index contributed by atoms with van der Waals surface area (Å²) >= 11 is 1.34. The minimum Gasteiger partial charge on any atom is -0.465 e. The van der Waals surface area contributed by atoms with Crippen LogP contribution in [0, 0.1) is 0 Å². The van der Waals surface area contributed by atoms with Crippen molar-refractivity contribution >= 4 is 23.7 Å². The van der Waals surface area contributed by atoms with Gasteiger partial charge in [0.1, 0.15) is 5.25 Å². The molecule has 17 heavy (non-hydrogen) atoms. The van der Waals surface area contributed by atoms with Gasteiger partial charge in [0.15, 0.2) is 5.16 Å². The maximum Gasteiger partial charge on any atom is 0.319 e. The van der Waals surface area contributed by atoms with Crippen molar-refractivity contribution in [1.29, 1.82) is 0 Å². The second-order valence-corrected chi connectivity index (χ2v) is 4.72. The average molecular weight is 258 g/mol. The predicted octanol–water partition coefficient (Wildman–Crippen LogP) is 1.22. The summed E-state index contributed by atoms with van der Waals surface area (Å²) in [5, 5.41) is 8.06. The smallest absolute Gasteiger partial charge is 0.319 e. The molecule has 1 heterocycles. The Morgan fingerprint density at radius 1 is 1.53 bits per heavy atom. The standard InChI is InChI=1S/C10H18N4O2S/c1-4-6-7(8(15)16-5-2)17-10-13-12-9(11)14(10)3/h7H,4-6H2,1-3H3,(H2,11,12). The number of hydrogen-bond donors (Lipinski definition) is 1. The van der Waals surface area contributed by atoms with Crippen LogP contribution in [0.3, 0.4) is 0 Å². The molecule has 1 atom stereocenters. The van der Waals surface area contributed by atoms with E-state index in [9.17, 15) is 4.79 Å². The van der Waals surface area contributed by atoms with Crippen molar-refractivity contribution in [2.24, 2.45) is 7.05 Å². The number of carbonyl (C=O) groups excluding carboxylic acids is 1. The Bertz CT molecular complexity index is 380. The third-order valence-electron chi connectivity index (χ3n) is 2.22. The monoisotopic (exact) mass is 258 g/mol. The van der Waals surface area contributed by atoms with E-state index in [1.807, 2.05) is 6.92 Å². The van der Waals surface area contributed by atoms with Gasteiger partial charge >= 0.3 is 5.97 Å². The van der Waals surface area contributed by atoms with Gasteiger partial charge in [0.2, 0.25) is 5.95 Å². The maximum atomic E-state index is 11.7. The first kappa shape index (κ1) is 13.8. The molecule has 6 nitrogen and oxygen atoms in total. The van der Waals surface area contributed by atoms with Crippen LogP contribution in [-0.4, -0.2) is 32.6 Å². The molecule has 1 aromatic heterocycles. The first-order valence-electron chi connectivity index (χ1n) is 5.58. The number of esters is 1. The Morgan fingerprint density at radius 3 is 2.71 bits per heavy atom. The van der Waals surface area contributed by atoms with Crippen molar-refractivity contribution in [2.45, 2.75) is 37.1 Å². The van der Waals surface area contributed by atoms with E-state index in [1.165, 1.54) is 11.8 Å². The average Bonchev–Trinajstić information content (AvgIpc) is 2.60. The molecule has 1 aromatic rings. The number of thioether (sulfide) groups is 1. The van der Waals surface area contributed by atoms with Crippen LogP contribution in [0.5, 0.6) is 0 Å². The molecule has 2 N–H and O–H groups in total. The molecule has 96 valence electrons. The summed E-state index contributed by atoms with van der Waals surface area (Å²) in [5.74, 6) is 0.132. The quantitative estimate of drug-likeness (QED) is 0.610. The van der Waals surface area contributed by atoms with Gasteiger partial charge in [-0.25, -0.2) is 0 Å². The minimum absolute atomic E-state index is 0.207. The number of anilines is 1. The van der Waals surface area contributed by atoms with Crippen molar-refractivity contribution in [3.8, 4) is 0 Å². The summed E-state index contributed by atoms with van der Waals surface area (Å²) in [6.07, 6.45) is 1.65. The van der Waals surface area contributed by atoms with Gasteiger partial charge in [-0.05, 0) is 13.3 Å². The van der Waals surface area contributed by atoms with Crippen molar-refractivity contribution < 1.29 is 9.53 Å². The van der Waals surface area contributed by atoms with Gasteiger partial charge in [-0.3, -0.25) is 9.36 Å². The maximum absolute atomic E-state index is 11.7. The number of rotatable bonds is 6. The molecular weight excluding hydrogens is 240 g/mol. The number of nitrogens with zero attached hydrogens (tertiary/aromatic N) is 3. The third-order valence-corrected chi connectivity index (χ3v) is 3.50. The van der Waals surface area contributed by atoms with Crippen LogP contribution < -0.4 is 5.73 Å². The zero-order valence-electron chi connectivity index (χ0n) is 10.3. The van der Waals surface area contributed by atoms with Gasteiger partial charge in [-0.15, -0.1) is 10.2 Å². The SMILES string of the molecule is CCCC(Sc1nnc(N)n1C)C(=O)OCC. The second-order valence-electron chi connectivity index (χ2n) is 3.55. The highest BCUT2D eigenvalue weighted by molar-refractivity contribution is 8.00. The molecule has 0 radical (unpaired) electrons. The number of nitrogens with two attached hydrogens (primary N) is 1. The molecule has 0 aliphatic heterocycles. The lowest BCUT2D eigenvalue weighted by atomic mass is 10.2. The topological polar surface area (TPSA) is 83.0 Å². The number of hydrogen-bond acceptors (Lipinski definition) is 6. The molecule has 1 rings (SSSR count). The Labute approximate surface area is 105 Å². The summed E-state index contributed by atoms with van der Waals surface area (Å²) in [6, 6.07) is 0. The fraction of sp³-hybridized carbons (Fsp3) is 0.700. The predicted molar refractivity (Wildman–Crippen MR) is 66.6 cm³/mol. The van der Waals surface area contributed by atoms with Crippen molar-refractivity contribution in [3.05, 3.63) is 0 Å². The molecule has 0 bridgehead atoms. The van der Waals surface area contributed by atoms with E-state index in [2.05, 4.69) is 10.2 Å². The molecule has 0 fully saturated rings. The fourth-order valence-electron chi connectivity index (χ4n) is 1.28. The van der Waals surface area contributed by atoms with Gasteiger partial charge in [-0.2, -0.15) is 0 Å². The number of carbonyl (C=O) groups is 1. The molecule has 0 aromatic carbocycles. The van der Waals surface area contributed by atoms with E-state index >= 15 is 0 Å². The Morgan fingerprint density at radius 2 is 2.24 bits per heavy atom. The summed E-state index contributed by atoms with van der Waals surface area (Å²) < 4.78 is 6.69. The van der Waals surface area contributed by atoms with E-state index in [0.717, 1.165) is 12.8 Å². The highest BCUT2D eigenvalue weighted by Gasteiger charge is 2.23. The van der Waals surface area contributed by atoms with Gasteiger partial charge in [0.05, 0.1) is 6.61 Å². The van der Waals surface area contributed by atoms with Crippen LogP contribution in [0.15, 0.2) is 5.16 Å². The Hall–Kier alpha value is -1.24. The van der Waals surface area contributed by atoms with Crippen molar-refractivity contribution in [2.75, 3.05) is 12.3 Å². The Kier molecular flexibility index (Phi) is 5.27. The van der Waals surface area contributed by atoms with Gasteiger partial charge in [-0.1, -0.05) is 25.1 Å². The zero-order chi connectivity index (χ0) is 12.8. The fourth-order valence-corrected chi connectivity index (χ4v) is 2.39. The molecule has 0 amide bonds. The molecular formula is C10H18N4O2S. The van der Waals surface area contributed by atoms with Crippen LogP contribution in [-0.2, 0) is 16.6 Å². The molecule has 0 saturated carbocycles. The lowest BCUT2D eigenvalue weighted by molar-refractivity contribution is -0.142. The summed E-state index contributed by atoms with van der Waals surface area (Å²) in [5.41, 5.74) is 5.58. The van der Waals surface area contributed by atoms with Gasteiger partial charge < -0.3 is 10.5 Å². The summed E-state index contributed by atoms with van der Waals surface area (Å²) in [6.45, 7) is 4.21. The van der Waals surface area contributed by atoms with Crippen LogP contribution in [0.4, 0.5) is 5.95 Å². The lowest BCUT2D eigenvalue weighted by Gasteiger charge is -2.13. The van der Waals surface area contributed by atoms with Gasteiger partial charge in [0, 0.05) is 7.05 Å². The first-order valence-corrected chi connectivity index (χ1v) is 6.46. The molecule has 0 spiro atoms. The molecule has 0 aliphatic rings. The molecule has 1 unspecified atom stereocenters. The number of aromatic nitrogens is 3. The van der Waals surface area contributed by atoms with E-state index in [4.69, 9.17) is 10.5 Å². The highest BCUT2D eigenvalue weighted by Crippen LogP contribution is 2.26. The number of nitrogen functional groups attached to an aromatic ring is 1. The van der Waals surface area contributed by atoms with Crippen LogP contribution in [0.2, 0.25) is 0 Å². The van der Waals surface area contributed by atoms with Crippen molar-refractivity contribution in [1.82, 2.24) is 14.8 Å². The van der Waals surface area contributed by atoms with Gasteiger partial charge in [0.25, 0.3) is 0 Å². The molecule has 0 aliphatic carbocycles. The van der Waals surface area contributed by atoms with Crippen LogP contribution >= 0.6 is 11.8 Å².